The van der Waals surface area contributed by atoms with Crippen LogP contribution in [0.1, 0.15) is 17.5 Å². The summed E-state index contributed by atoms with van der Waals surface area (Å²) in [5.74, 6) is 3.46. The van der Waals surface area contributed by atoms with Gasteiger partial charge in [0.05, 0.1) is 53.8 Å². The number of nitrogens with zero attached hydrogens (tertiary/aromatic N) is 1. The third kappa shape index (κ3) is 4.95. The van der Waals surface area contributed by atoms with Gasteiger partial charge < -0.3 is 28.4 Å². The highest BCUT2D eigenvalue weighted by Gasteiger charge is 2.40. The van der Waals surface area contributed by atoms with Crippen LogP contribution in [0.25, 0.3) is 0 Å². The summed E-state index contributed by atoms with van der Waals surface area (Å²) < 4.78 is 33.9. The lowest BCUT2D eigenvalue weighted by Crippen LogP contribution is -2.48. The summed E-state index contributed by atoms with van der Waals surface area (Å²) in [4.78, 5) is 2.20. The van der Waals surface area contributed by atoms with Gasteiger partial charge in [-0.05, 0) is 50.0 Å². The molecule has 2 aromatic rings. The lowest BCUT2D eigenvalue weighted by Gasteiger charge is -2.43. The molecule has 0 spiro atoms. The lowest BCUT2D eigenvalue weighted by molar-refractivity contribution is -0.0179. The molecular formula is C23H32ClNO6. The molecule has 8 heteroatoms. The molecule has 3 rings (SSSR count). The van der Waals surface area contributed by atoms with Gasteiger partial charge in [-0.25, -0.2) is 0 Å². The van der Waals surface area contributed by atoms with Crippen molar-refractivity contribution >= 4 is 12.4 Å². The Morgan fingerprint density at radius 1 is 0.935 bits per heavy atom. The summed E-state index contributed by atoms with van der Waals surface area (Å²) >= 11 is 0. The number of methoxy groups -OCH3 is 4. The normalized spacial score (nSPS) is 17.3. The predicted molar refractivity (Wildman–Crippen MR) is 121 cm³/mol. The van der Waals surface area contributed by atoms with Crippen LogP contribution in [0.2, 0.25) is 0 Å². The second kappa shape index (κ2) is 10.8. The molecule has 7 nitrogen and oxygen atoms in total. The van der Waals surface area contributed by atoms with Crippen LogP contribution >= 0.6 is 12.4 Å². The minimum atomic E-state index is -0.317. The first-order chi connectivity index (χ1) is 14.5. The maximum absolute atomic E-state index is 6.24. The fourth-order valence-electron chi connectivity index (χ4n) is 3.89. The van der Waals surface area contributed by atoms with Gasteiger partial charge in [-0.2, -0.15) is 0 Å². The average Bonchev–Trinajstić information content (AvgIpc) is 2.77. The largest absolute Gasteiger partial charge is 0.497 e. The summed E-state index contributed by atoms with van der Waals surface area (Å²) in [6.07, 6.45) is 0.815. The number of ether oxygens (including phenoxy) is 6. The number of hydrogen-bond acceptors (Lipinski definition) is 7. The van der Waals surface area contributed by atoms with Crippen molar-refractivity contribution in [1.82, 2.24) is 4.90 Å². The van der Waals surface area contributed by atoms with E-state index in [-0.39, 0.29) is 17.9 Å². The molecule has 0 amide bonds. The van der Waals surface area contributed by atoms with Gasteiger partial charge in [0.15, 0.2) is 11.5 Å². The highest BCUT2D eigenvalue weighted by Crippen LogP contribution is 2.43. The fraction of sp³-hybridized carbons (Fsp3) is 0.478. The first-order valence-corrected chi connectivity index (χ1v) is 9.84. The molecule has 0 saturated heterocycles. The highest BCUT2D eigenvalue weighted by atomic mass is 35.5. The Kier molecular flexibility index (Phi) is 8.68. The number of benzene rings is 2. The third-order valence-electron chi connectivity index (χ3n) is 5.65. The van der Waals surface area contributed by atoms with Crippen molar-refractivity contribution in [2.24, 2.45) is 0 Å². The molecule has 172 valence electrons. The molecule has 0 aliphatic carbocycles. The van der Waals surface area contributed by atoms with Crippen LogP contribution in [0.3, 0.4) is 0 Å². The number of halogens is 1. The Morgan fingerprint density at radius 2 is 1.61 bits per heavy atom. The molecule has 0 fully saturated rings. The molecule has 1 aliphatic rings. The van der Waals surface area contributed by atoms with Crippen LogP contribution in [-0.4, -0.2) is 60.6 Å². The van der Waals surface area contributed by atoms with Crippen LogP contribution in [0.15, 0.2) is 30.3 Å². The molecular weight excluding hydrogens is 422 g/mol. The summed E-state index contributed by atoms with van der Waals surface area (Å²) in [7, 11) is 10.6. The maximum atomic E-state index is 6.24. The minimum absolute atomic E-state index is 0. The summed E-state index contributed by atoms with van der Waals surface area (Å²) in [6.45, 7) is 1.54. The predicted octanol–water partition coefficient (Wildman–Crippen LogP) is 3.90. The van der Waals surface area contributed by atoms with Gasteiger partial charge in [-0.15, -0.1) is 12.4 Å². The van der Waals surface area contributed by atoms with Crippen molar-refractivity contribution in [2.75, 3.05) is 55.7 Å². The molecule has 1 aliphatic heterocycles. The SMILES string of the molecule is COc1ccc2c(c1)C(COCc1cc(OC)c(OC)c(OC)c1)(N(C)C)CCO2.Cl. The summed E-state index contributed by atoms with van der Waals surface area (Å²) in [5, 5.41) is 0. The van der Waals surface area contributed by atoms with Crippen molar-refractivity contribution in [1.29, 1.82) is 0 Å². The number of likely N-dealkylation sites (N-methyl/N-ethyl adjacent to an activating group) is 1. The van der Waals surface area contributed by atoms with Gasteiger partial charge in [-0.1, -0.05) is 0 Å². The molecule has 1 unspecified atom stereocenters. The Balaban J connectivity index is 0.00000341. The van der Waals surface area contributed by atoms with Gasteiger partial charge in [0.2, 0.25) is 5.75 Å². The second-order valence-electron chi connectivity index (χ2n) is 7.41. The third-order valence-corrected chi connectivity index (χ3v) is 5.65. The summed E-state index contributed by atoms with van der Waals surface area (Å²) in [6, 6.07) is 9.73. The van der Waals surface area contributed by atoms with E-state index in [0.717, 1.165) is 29.0 Å². The first kappa shape index (κ1) is 24.9. The van der Waals surface area contributed by atoms with Gasteiger partial charge in [0.25, 0.3) is 0 Å². The van der Waals surface area contributed by atoms with E-state index in [1.54, 1.807) is 28.4 Å². The Labute approximate surface area is 190 Å². The van der Waals surface area contributed by atoms with E-state index in [1.165, 1.54) is 0 Å². The molecule has 0 N–H and O–H groups in total. The lowest BCUT2D eigenvalue weighted by atomic mass is 9.84. The smallest absolute Gasteiger partial charge is 0.203 e. The van der Waals surface area contributed by atoms with Crippen LogP contribution < -0.4 is 23.7 Å². The Hall–Kier alpha value is -2.35. The average molecular weight is 454 g/mol. The molecule has 0 aromatic heterocycles. The van der Waals surface area contributed by atoms with Gasteiger partial charge >= 0.3 is 0 Å². The number of hydrogen-bond donors (Lipinski definition) is 0. The van der Waals surface area contributed by atoms with E-state index >= 15 is 0 Å². The van der Waals surface area contributed by atoms with E-state index in [1.807, 2.05) is 30.3 Å². The van der Waals surface area contributed by atoms with Gasteiger partial charge in [0.1, 0.15) is 11.5 Å². The standard InChI is InChI=1S/C23H31NO6.ClH/c1-24(2)23(9-10-30-19-8-7-17(25-3)13-18(19)23)15-29-14-16-11-20(26-4)22(28-6)21(12-16)27-5;/h7-8,11-13H,9-10,14-15H2,1-6H3;1H. The van der Waals surface area contributed by atoms with Crippen LogP contribution in [0.5, 0.6) is 28.7 Å². The second-order valence-corrected chi connectivity index (χ2v) is 7.41. The fourth-order valence-corrected chi connectivity index (χ4v) is 3.89. The minimum Gasteiger partial charge on any atom is -0.497 e. The molecule has 1 atom stereocenters. The molecule has 0 saturated carbocycles. The van der Waals surface area contributed by atoms with Crippen LogP contribution in [-0.2, 0) is 16.9 Å². The number of rotatable bonds is 9. The van der Waals surface area contributed by atoms with Crippen LogP contribution in [0.4, 0.5) is 0 Å². The van der Waals surface area contributed by atoms with Crippen molar-refractivity contribution in [3.63, 3.8) is 0 Å². The van der Waals surface area contributed by atoms with Crippen molar-refractivity contribution in [3.05, 3.63) is 41.5 Å². The first-order valence-electron chi connectivity index (χ1n) is 9.84. The Morgan fingerprint density at radius 3 is 2.16 bits per heavy atom. The van der Waals surface area contributed by atoms with Gasteiger partial charge in [0, 0.05) is 12.0 Å². The zero-order chi connectivity index (χ0) is 21.7. The van der Waals surface area contributed by atoms with Crippen molar-refractivity contribution < 1.29 is 28.4 Å². The quantitative estimate of drug-likeness (QED) is 0.570. The highest BCUT2D eigenvalue weighted by molar-refractivity contribution is 5.85. The zero-order valence-corrected chi connectivity index (χ0v) is 19.8. The maximum Gasteiger partial charge on any atom is 0.203 e. The van der Waals surface area contributed by atoms with Crippen molar-refractivity contribution in [3.8, 4) is 28.7 Å². The van der Waals surface area contributed by atoms with E-state index < -0.39 is 0 Å². The topological polar surface area (TPSA) is 58.6 Å². The molecule has 0 bridgehead atoms. The van der Waals surface area contributed by atoms with Gasteiger partial charge in [-0.3, -0.25) is 4.90 Å². The Bertz CT molecular complexity index is 850. The monoisotopic (exact) mass is 453 g/mol. The van der Waals surface area contributed by atoms with Crippen LogP contribution in [0, 0.1) is 0 Å². The van der Waals surface area contributed by atoms with E-state index in [9.17, 15) is 0 Å². The molecule has 31 heavy (non-hydrogen) atoms. The van der Waals surface area contributed by atoms with E-state index in [4.69, 9.17) is 28.4 Å². The molecule has 1 heterocycles. The van der Waals surface area contributed by atoms with E-state index in [2.05, 4.69) is 19.0 Å². The number of fused-ring (bicyclic) bond motifs is 1. The molecule has 0 radical (unpaired) electrons. The zero-order valence-electron chi connectivity index (χ0n) is 19.0. The van der Waals surface area contributed by atoms with Crippen molar-refractivity contribution in [2.45, 2.75) is 18.6 Å². The summed E-state index contributed by atoms with van der Waals surface area (Å²) in [5.41, 5.74) is 1.70. The molecule has 2 aromatic carbocycles. The van der Waals surface area contributed by atoms with E-state index in [0.29, 0.717) is 37.1 Å².